The van der Waals surface area contributed by atoms with Crippen molar-refractivity contribution in [3.63, 3.8) is 0 Å². The molecule has 1 fully saturated rings. The number of hydrogen-bond acceptors (Lipinski definition) is 9. The van der Waals surface area contributed by atoms with E-state index < -0.39 is 6.10 Å². The first kappa shape index (κ1) is 21.7. The SMILES string of the molecule is Cn1ccc(CNc2nc(-c3cccc(OCC(O)CN)c3)nc(NC3CC3)c2C=N)n1. The third-order valence-electron chi connectivity index (χ3n) is 5.02. The van der Waals surface area contributed by atoms with Crippen molar-refractivity contribution in [1.82, 2.24) is 19.7 Å². The molecule has 4 rings (SSSR count). The molecule has 168 valence electrons. The quantitative estimate of drug-likeness (QED) is 0.286. The number of aliphatic hydroxyl groups is 1. The molecular weight excluding hydrogens is 408 g/mol. The Labute approximate surface area is 186 Å². The van der Waals surface area contributed by atoms with Crippen LogP contribution in [0.4, 0.5) is 11.6 Å². The summed E-state index contributed by atoms with van der Waals surface area (Å²) >= 11 is 0. The maximum absolute atomic E-state index is 9.66. The molecule has 1 aliphatic carbocycles. The second-order valence-electron chi connectivity index (χ2n) is 7.78. The third kappa shape index (κ3) is 5.40. The van der Waals surface area contributed by atoms with E-state index in [9.17, 15) is 5.11 Å². The van der Waals surface area contributed by atoms with E-state index in [1.165, 1.54) is 6.21 Å². The Morgan fingerprint density at radius 1 is 1.31 bits per heavy atom. The number of nitrogens with zero attached hydrogens (tertiary/aromatic N) is 4. The number of aliphatic hydroxyl groups excluding tert-OH is 1. The van der Waals surface area contributed by atoms with E-state index >= 15 is 0 Å². The first-order valence-electron chi connectivity index (χ1n) is 10.6. The Morgan fingerprint density at radius 2 is 2.12 bits per heavy atom. The van der Waals surface area contributed by atoms with Gasteiger partial charge in [0.1, 0.15) is 30.1 Å². The predicted octanol–water partition coefficient (Wildman–Crippen LogP) is 1.76. The van der Waals surface area contributed by atoms with E-state index in [1.54, 1.807) is 4.68 Å². The van der Waals surface area contributed by atoms with Crippen molar-refractivity contribution in [2.24, 2.45) is 12.8 Å². The highest BCUT2D eigenvalue weighted by Gasteiger charge is 2.24. The topological polar surface area (TPSA) is 147 Å². The lowest BCUT2D eigenvalue weighted by Gasteiger charge is -2.15. The van der Waals surface area contributed by atoms with E-state index in [-0.39, 0.29) is 13.2 Å². The van der Waals surface area contributed by atoms with Crippen molar-refractivity contribution >= 4 is 17.9 Å². The fourth-order valence-corrected chi connectivity index (χ4v) is 3.12. The number of benzene rings is 1. The zero-order valence-corrected chi connectivity index (χ0v) is 18.0. The fraction of sp³-hybridized carbons (Fsp3) is 0.364. The minimum atomic E-state index is -0.724. The van der Waals surface area contributed by atoms with Crippen LogP contribution in [0.25, 0.3) is 11.4 Å². The molecule has 1 unspecified atom stereocenters. The first-order valence-corrected chi connectivity index (χ1v) is 10.6. The number of anilines is 2. The van der Waals surface area contributed by atoms with E-state index in [2.05, 4.69) is 15.7 Å². The molecule has 6 N–H and O–H groups in total. The smallest absolute Gasteiger partial charge is 0.164 e. The Kier molecular flexibility index (Phi) is 6.62. The van der Waals surface area contributed by atoms with Crippen molar-refractivity contribution in [3.05, 3.63) is 47.8 Å². The third-order valence-corrected chi connectivity index (χ3v) is 5.02. The van der Waals surface area contributed by atoms with Gasteiger partial charge in [0, 0.05) is 37.6 Å². The lowest BCUT2D eigenvalue weighted by Crippen LogP contribution is -2.26. The molecule has 2 heterocycles. The summed E-state index contributed by atoms with van der Waals surface area (Å²) in [5.74, 6) is 2.28. The van der Waals surface area contributed by atoms with Gasteiger partial charge in [0.2, 0.25) is 0 Å². The van der Waals surface area contributed by atoms with Gasteiger partial charge in [-0.15, -0.1) is 0 Å². The number of aromatic nitrogens is 4. The van der Waals surface area contributed by atoms with Crippen LogP contribution >= 0.6 is 0 Å². The summed E-state index contributed by atoms with van der Waals surface area (Å²) in [7, 11) is 1.87. The largest absolute Gasteiger partial charge is 0.491 e. The van der Waals surface area contributed by atoms with Crippen LogP contribution in [0.3, 0.4) is 0 Å². The van der Waals surface area contributed by atoms with Gasteiger partial charge in [-0.2, -0.15) is 5.10 Å². The predicted molar refractivity (Wildman–Crippen MR) is 123 cm³/mol. The van der Waals surface area contributed by atoms with Crippen LogP contribution in [0.5, 0.6) is 5.75 Å². The molecule has 0 bridgehead atoms. The Balaban J connectivity index is 1.64. The van der Waals surface area contributed by atoms with Gasteiger partial charge < -0.3 is 31.6 Å². The summed E-state index contributed by atoms with van der Waals surface area (Å²) in [4.78, 5) is 9.41. The van der Waals surface area contributed by atoms with Crippen LogP contribution in [0, 0.1) is 5.41 Å². The normalized spacial score (nSPS) is 14.1. The van der Waals surface area contributed by atoms with Crippen molar-refractivity contribution in [2.45, 2.75) is 31.5 Å². The first-order chi connectivity index (χ1) is 15.6. The van der Waals surface area contributed by atoms with Crippen LogP contribution in [0.15, 0.2) is 36.5 Å². The number of ether oxygens (including phenoxy) is 1. The molecule has 2 aromatic heterocycles. The zero-order chi connectivity index (χ0) is 22.5. The Hall–Kier alpha value is -3.50. The summed E-state index contributed by atoms with van der Waals surface area (Å²) < 4.78 is 7.39. The lowest BCUT2D eigenvalue weighted by atomic mass is 10.2. The number of nitrogens with two attached hydrogens (primary N) is 1. The van der Waals surface area contributed by atoms with Gasteiger partial charge in [-0.1, -0.05) is 12.1 Å². The van der Waals surface area contributed by atoms with Crippen LogP contribution in [-0.4, -0.2) is 56.4 Å². The van der Waals surface area contributed by atoms with Crippen molar-refractivity contribution < 1.29 is 9.84 Å². The van der Waals surface area contributed by atoms with Gasteiger partial charge in [-0.25, -0.2) is 9.97 Å². The number of hydrogen-bond donors (Lipinski definition) is 5. The molecule has 0 spiro atoms. The van der Waals surface area contributed by atoms with Crippen molar-refractivity contribution in [2.75, 3.05) is 23.8 Å². The molecule has 1 aromatic carbocycles. The van der Waals surface area contributed by atoms with Gasteiger partial charge in [-0.05, 0) is 31.0 Å². The average molecular weight is 437 g/mol. The van der Waals surface area contributed by atoms with E-state index in [1.807, 2.05) is 43.6 Å². The highest BCUT2D eigenvalue weighted by atomic mass is 16.5. The van der Waals surface area contributed by atoms with Gasteiger partial charge in [0.15, 0.2) is 5.82 Å². The molecular formula is C22H28N8O2. The van der Waals surface area contributed by atoms with Crippen LogP contribution in [0.2, 0.25) is 0 Å². The monoisotopic (exact) mass is 436 g/mol. The molecule has 10 nitrogen and oxygen atoms in total. The van der Waals surface area contributed by atoms with Crippen LogP contribution in [0.1, 0.15) is 24.1 Å². The Bertz CT molecular complexity index is 1080. The molecule has 0 aliphatic heterocycles. The van der Waals surface area contributed by atoms with E-state index in [4.69, 9.17) is 25.8 Å². The fourth-order valence-electron chi connectivity index (χ4n) is 3.12. The zero-order valence-electron chi connectivity index (χ0n) is 18.0. The van der Waals surface area contributed by atoms with Crippen LogP contribution < -0.4 is 21.1 Å². The van der Waals surface area contributed by atoms with E-state index in [0.717, 1.165) is 24.1 Å². The second kappa shape index (κ2) is 9.75. The maximum Gasteiger partial charge on any atom is 0.164 e. The minimum Gasteiger partial charge on any atom is -0.491 e. The summed E-state index contributed by atoms with van der Waals surface area (Å²) in [5, 5.41) is 28.7. The number of nitrogens with one attached hydrogen (secondary N) is 3. The van der Waals surface area contributed by atoms with Crippen molar-refractivity contribution in [1.29, 1.82) is 5.41 Å². The molecule has 32 heavy (non-hydrogen) atoms. The van der Waals surface area contributed by atoms with Gasteiger partial charge in [0.05, 0.1) is 17.8 Å². The van der Waals surface area contributed by atoms with Gasteiger partial charge in [-0.3, -0.25) is 4.68 Å². The average Bonchev–Trinajstić information content (AvgIpc) is 3.53. The van der Waals surface area contributed by atoms with Crippen LogP contribution in [-0.2, 0) is 13.6 Å². The molecule has 1 atom stereocenters. The summed E-state index contributed by atoms with van der Waals surface area (Å²) in [6.45, 7) is 0.718. The maximum atomic E-state index is 9.66. The second-order valence-corrected chi connectivity index (χ2v) is 7.78. The standard InChI is InChI=1S/C22H28N8O2/c1-30-8-7-16(29-30)12-25-21-19(11-24)22(26-15-5-6-15)28-20(27-21)14-3-2-4-18(9-14)32-13-17(31)10-23/h2-4,7-9,11,15,17,24,31H,5-6,10,12-13,23H2,1H3,(H2,25,26,27,28). The molecule has 0 saturated heterocycles. The number of aryl methyl sites for hydroxylation is 1. The van der Waals surface area contributed by atoms with Crippen molar-refractivity contribution in [3.8, 4) is 17.1 Å². The number of rotatable bonds is 11. The van der Waals surface area contributed by atoms with Gasteiger partial charge in [0.25, 0.3) is 0 Å². The van der Waals surface area contributed by atoms with E-state index in [0.29, 0.717) is 41.4 Å². The molecule has 0 radical (unpaired) electrons. The highest BCUT2D eigenvalue weighted by Crippen LogP contribution is 2.31. The summed E-state index contributed by atoms with van der Waals surface area (Å²) in [6.07, 6.45) is 4.59. The molecule has 10 heteroatoms. The highest BCUT2D eigenvalue weighted by molar-refractivity contribution is 5.91. The minimum absolute atomic E-state index is 0.110. The molecule has 1 saturated carbocycles. The summed E-state index contributed by atoms with van der Waals surface area (Å²) in [6, 6.07) is 9.68. The lowest BCUT2D eigenvalue weighted by molar-refractivity contribution is 0.114. The molecule has 1 aliphatic rings. The Morgan fingerprint density at radius 3 is 2.81 bits per heavy atom. The molecule has 0 amide bonds. The summed E-state index contributed by atoms with van der Waals surface area (Å²) in [5.41, 5.74) is 7.69. The molecule has 3 aromatic rings. The van der Waals surface area contributed by atoms with Gasteiger partial charge >= 0.3 is 0 Å².